The average Bonchev–Trinajstić information content (AvgIpc) is 2.99. The van der Waals surface area contributed by atoms with E-state index in [0.29, 0.717) is 6.04 Å². The lowest BCUT2D eigenvalue weighted by molar-refractivity contribution is 0.539. The molecule has 0 radical (unpaired) electrons. The van der Waals surface area contributed by atoms with Crippen LogP contribution in [0.5, 0.6) is 0 Å². The van der Waals surface area contributed by atoms with Crippen LogP contribution in [0.25, 0.3) is 0 Å². The van der Waals surface area contributed by atoms with Gasteiger partial charge in [-0.1, -0.05) is 32.0 Å². The fraction of sp³-hybridized carbons (Fsp3) is 0.917. The van der Waals surface area contributed by atoms with Gasteiger partial charge in [-0.05, 0) is 31.6 Å². The Bertz CT molecular complexity index is 236. The van der Waals surface area contributed by atoms with Crippen LogP contribution in [0.4, 0.5) is 0 Å². The minimum atomic E-state index is 0.638. The summed E-state index contributed by atoms with van der Waals surface area (Å²) in [6.07, 6.45) is 6.61. The minimum absolute atomic E-state index is 0.638. The monoisotopic (exact) mass is 226 g/mol. The van der Waals surface area contributed by atoms with Crippen molar-refractivity contribution in [3.05, 3.63) is 0 Å². The van der Waals surface area contributed by atoms with Crippen molar-refractivity contribution in [2.24, 2.45) is 10.9 Å². The molecule has 0 spiro atoms. The van der Waals surface area contributed by atoms with Crippen molar-refractivity contribution in [2.75, 3.05) is 6.54 Å². The second-order valence-corrected chi connectivity index (χ2v) is 5.91. The molecule has 0 amide bonds. The Morgan fingerprint density at radius 1 is 1.47 bits per heavy atom. The van der Waals surface area contributed by atoms with Crippen LogP contribution in [-0.4, -0.2) is 23.0 Å². The van der Waals surface area contributed by atoms with Gasteiger partial charge in [0, 0.05) is 11.3 Å². The first-order valence-corrected chi connectivity index (χ1v) is 7.19. The number of rotatable bonds is 5. The van der Waals surface area contributed by atoms with E-state index in [4.69, 9.17) is 0 Å². The Morgan fingerprint density at radius 3 is 2.87 bits per heavy atom. The maximum absolute atomic E-state index is 4.62. The number of hydrogen-bond acceptors (Lipinski definition) is 3. The summed E-state index contributed by atoms with van der Waals surface area (Å²) in [4.78, 5) is 4.62. The summed E-state index contributed by atoms with van der Waals surface area (Å²) in [5.74, 6) is 0.976. The minimum Gasteiger partial charge on any atom is -0.362 e. The summed E-state index contributed by atoms with van der Waals surface area (Å²) in [5, 5.41) is 5.60. The molecule has 2 atom stereocenters. The lowest BCUT2D eigenvalue weighted by Gasteiger charge is -2.17. The van der Waals surface area contributed by atoms with Crippen molar-refractivity contribution in [3.63, 3.8) is 0 Å². The fourth-order valence-corrected chi connectivity index (χ4v) is 3.37. The maximum Gasteiger partial charge on any atom is 0.157 e. The molecule has 2 rings (SSSR count). The van der Waals surface area contributed by atoms with Crippen molar-refractivity contribution in [3.8, 4) is 0 Å². The second-order valence-electron chi connectivity index (χ2n) is 4.68. The third-order valence-electron chi connectivity index (χ3n) is 3.28. The van der Waals surface area contributed by atoms with E-state index < -0.39 is 0 Å². The number of thioether (sulfide) groups is 1. The van der Waals surface area contributed by atoms with Crippen LogP contribution >= 0.6 is 11.8 Å². The zero-order valence-corrected chi connectivity index (χ0v) is 10.6. The average molecular weight is 226 g/mol. The van der Waals surface area contributed by atoms with Crippen molar-refractivity contribution in [2.45, 2.75) is 57.2 Å². The molecular formula is C12H22N2S. The van der Waals surface area contributed by atoms with Gasteiger partial charge in [-0.3, -0.25) is 4.99 Å². The third kappa shape index (κ3) is 3.13. The van der Waals surface area contributed by atoms with Crippen molar-refractivity contribution >= 4 is 16.9 Å². The van der Waals surface area contributed by atoms with Crippen molar-refractivity contribution in [1.82, 2.24) is 5.32 Å². The van der Waals surface area contributed by atoms with Gasteiger partial charge in [0.05, 0.1) is 6.54 Å². The molecule has 1 N–H and O–H groups in total. The Hall–Kier alpha value is -0.180. The van der Waals surface area contributed by atoms with E-state index in [1.807, 2.05) is 11.8 Å². The molecule has 0 bridgehead atoms. The van der Waals surface area contributed by atoms with Gasteiger partial charge in [0.25, 0.3) is 0 Å². The lowest BCUT2D eigenvalue weighted by atomic mass is 10.1. The van der Waals surface area contributed by atoms with Gasteiger partial charge in [-0.15, -0.1) is 0 Å². The van der Waals surface area contributed by atoms with Crippen LogP contribution in [0.2, 0.25) is 0 Å². The lowest BCUT2D eigenvalue weighted by Crippen LogP contribution is -2.32. The van der Waals surface area contributed by atoms with Crippen LogP contribution in [-0.2, 0) is 0 Å². The summed E-state index contributed by atoms with van der Waals surface area (Å²) in [5.41, 5.74) is 0. The fourth-order valence-electron chi connectivity index (χ4n) is 2.09. The highest BCUT2D eigenvalue weighted by atomic mass is 32.2. The normalized spacial score (nSPS) is 27.6. The zero-order valence-electron chi connectivity index (χ0n) is 9.83. The van der Waals surface area contributed by atoms with Crippen molar-refractivity contribution in [1.29, 1.82) is 0 Å². The number of amidine groups is 1. The highest BCUT2D eigenvalue weighted by Gasteiger charge is 2.35. The SMILES string of the molecule is CCCC(CC)NC1=NCC(C2CC2)S1. The largest absolute Gasteiger partial charge is 0.362 e. The molecule has 1 saturated carbocycles. The summed E-state index contributed by atoms with van der Waals surface area (Å²) in [7, 11) is 0. The molecule has 0 aromatic heterocycles. The van der Waals surface area contributed by atoms with Crippen LogP contribution < -0.4 is 5.32 Å². The Morgan fingerprint density at radius 2 is 2.27 bits per heavy atom. The number of aliphatic imine (C=N–C) groups is 1. The second kappa shape index (κ2) is 5.24. The topological polar surface area (TPSA) is 24.4 Å². The third-order valence-corrected chi connectivity index (χ3v) is 4.59. The van der Waals surface area contributed by atoms with E-state index in [0.717, 1.165) is 17.7 Å². The first-order chi connectivity index (χ1) is 7.33. The van der Waals surface area contributed by atoms with Crippen LogP contribution in [0.15, 0.2) is 4.99 Å². The zero-order chi connectivity index (χ0) is 10.7. The molecule has 15 heavy (non-hydrogen) atoms. The Kier molecular flexibility index (Phi) is 3.95. The van der Waals surface area contributed by atoms with E-state index >= 15 is 0 Å². The first-order valence-electron chi connectivity index (χ1n) is 6.31. The standard InChI is InChI=1S/C12H22N2S/c1-3-5-10(4-2)14-12-13-8-11(15-12)9-6-7-9/h9-11H,3-8H2,1-2H3,(H,13,14). The van der Waals surface area contributed by atoms with Gasteiger partial charge >= 0.3 is 0 Å². The van der Waals surface area contributed by atoms with E-state index in [1.165, 1.54) is 37.3 Å². The molecule has 86 valence electrons. The van der Waals surface area contributed by atoms with E-state index in [9.17, 15) is 0 Å². The van der Waals surface area contributed by atoms with Gasteiger partial charge < -0.3 is 5.32 Å². The van der Waals surface area contributed by atoms with Crippen molar-refractivity contribution < 1.29 is 0 Å². The molecule has 3 heteroatoms. The highest BCUT2D eigenvalue weighted by Crippen LogP contribution is 2.41. The molecule has 1 heterocycles. The summed E-state index contributed by atoms with van der Waals surface area (Å²) >= 11 is 1.99. The van der Waals surface area contributed by atoms with Gasteiger partial charge in [0.2, 0.25) is 0 Å². The molecule has 0 aromatic carbocycles. The highest BCUT2D eigenvalue weighted by molar-refractivity contribution is 8.14. The van der Waals surface area contributed by atoms with Gasteiger partial charge in [0.1, 0.15) is 0 Å². The van der Waals surface area contributed by atoms with Crippen LogP contribution in [0.1, 0.15) is 46.0 Å². The number of nitrogens with zero attached hydrogens (tertiary/aromatic N) is 1. The van der Waals surface area contributed by atoms with Gasteiger partial charge in [-0.2, -0.15) is 0 Å². The summed E-state index contributed by atoms with van der Waals surface area (Å²) in [6, 6.07) is 0.638. The molecule has 1 aliphatic heterocycles. The summed E-state index contributed by atoms with van der Waals surface area (Å²) < 4.78 is 0. The maximum atomic E-state index is 4.62. The molecule has 0 aromatic rings. The smallest absolute Gasteiger partial charge is 0.157 e. The van der Waals surface area contributed by atoms with Crippen LogP contribution in [0.3, 0.4) is 0 Å². The number of hydrogen-bond donors (Lipinski definition) is 1. The summed E-state index contributed by atoms with van der Waals surface area (Å²) in [6.45, 7) is 5.56. The number of nitrogens with one attached hydrogen (secondary N) is 1. The molecular weight excluding hydrogens is 204 g/mol. The first kappa shape index (κ1) is 11.3. The molecule has 2 nitrogen and oxygen atoms in total. The predicted molar refractivity (Wildman–Crippen MR) is 68.5 cm³/mol. The van der Waals surface area contributed by atoms with E-state index in [2.05, 4.69) is 24.2 Å². The van der Waals surface area contributed by atoms with E-state index in [1.54, 1.807) is 0 Å². The van der Waals surface area contributed by atoms with Crippen LogP contribution in [0, 0.1) is 5.92 Å². The molecule has 2 unspecified atom stereocenters. The molecule has 1 aliphatic carbocycles. The Labute approximate surface area is 97.3 Å². The predicted octanol–water partition coefficient (Wildman–Crippen LogP) is 3.04. The molecule has 2 aliphatic rings. The Balaban J connectivity index is 1.74. The molecule has 0 saturated heterocycles. The quantitative estimate of drug-likeness (QED) is 0.779. The van der Waals surface area contributed by atoms with E-state index in [-0.39, 0.29) is 0 Å². The molecule has 1 fully saturated rings. The van der Waals surface area contributed by atoms with Gasteiger partial charge in [0.15, 0.2) is 5.17 Å². The van der Waals surface area contributed by atoms with Gasteiger partial charge in [-0.25, -0.2) is 0 Å².